The number of rotatable bonds is 8. The zero-order valence-electron chi connectivity index (χ0n) is 30.6. The molecule has 1 heterocycles. The smallest absolute Gasteiger partial charge is 0.462 e. The van der Waals surface area contributed by atoms with Gasteiger partial charge in [0.2, 0.25) is 0 Å². The van der Waals surface area contributed by atoms with Crippen molar-refractivity contribution >= 4 is 19.8 Å². The number of cyclic esters (lactones) is 2. The number of nitrogens with two attached hydrogens (primary N) is 1. The zero-order chi connectivity index (χ0) is 34.7. The highest BCUT2D eigenvalue weighted by atomic mass is 31.2. The molecule has 0 bridgehead atoms. The summed E-state index contributed by atoms with van der Waals surface area (Å²) in [6.07, 6.45) is 27.9. The van der Waals surface area contributed by atoms with Gasteiger partial charge in [-0.05, 0) is 54.8 Å². The van der Waals surface area contributed by atoms with Crippen LogP contribution in [0.5, 0.6) is 0 Å². The van der Waals surface area contributed by atoms with Crippen LogP contribution < -0.4 is 5.73 Å². The van der Waals surface area contributed by atoms with Crippen molar-refractivity contribution in [2.45, 2.75) is 180 Å². The van der Waals surface area contributed by atoms with Crippen molar-refractivity contribution in [1.82, 2.24) is 0 Å². The van der Waals surface area contributed by atoms with E-state index >= 15 is 0 Å². The minimum Gasteiger partial charge on any atom is -0.462 e. The van der Waals surface area contributed by atoms with E-state index in [1.165, 1.54) is 109 Å². The first-order chi connectivity index (χ1) is 23.3. The molecule has 280 valence electrons. The molecule has 6 atom stereocenters. The fourth-order valence-electron chi connectivity index (χ4n) is 9.48. The lowest BCUT2D eigenvalue weighted by molar-refractivity contribution is -0.161. The lowest BCUT2D eigenvalue weighted by Crippen LogP contribution is -2.29. The summed E-state index contributed by atoms with van der Waals surface area (Å²) < 4.78 is 32.7. The molecule has 1 spiro atoms. The summed E-state index contributed by atoms with van der Waals surface area (Å²) in [5.74, 6) is 1.20. The topological polar surface area (TPSA) is 134 Å². The van der Waals surface area contributed by atoms with Crippen LogP contribution >= 0.6 is 7.82 Å². The van der Waals surface area contributed by atoms with Gasteiger partial charge in [0.1, 0.15) is 6.61 Å². The highest BCUT2D eigenvalue weighted by Gasteiger charge is 2.93. The molecule has 3 N–H and O–H groups in total. The first-order valence-electron chi connectivity index (χ1n) is 19.9. The van der Waals surface area contributed by atoms with E-state index in [-0.39, 0.29) is 32.1 Å². The average molecular weight is 700 g/mol. The van der Waals surface area contributed by atoms with Crippen LogP contribution in [0.2, 0.25) is 0 Å². The van der Waals surface area contributed by atoms with Crippen LogP contribution in [0, 0.1) is 22.7 Å². The molecular weight excluding hydrogens is 629 g/mol. The van der Waals surface area contributed by atoms with Crippen molar-refractivity contribution in [3.8, 4) is 0 Å². The fraction of sp³-hybridized carbons (Fsp3) is 0.947. The van der Waals surface area contributed by atoms with Gasteiger partial charge in [0, 0.05) is 19.4 Å². The standard InChI is InChI=1S/C38H70NO8P/c1-3-33-37(4-2)34-24-20-16-12-8-6-5-7-9-14-18-22-26-36(41)47-32(31-46-48(42,43)45-29-28-39)30-44-35(40)25-21-17-13-10-11-15-19-23-27-38(33,34)37/h32-34H,3-31,39H2,1-2H3,(H,42,43)/t32-,33-,34?,37-,38+/m1/s1. The molecule has 9 nitrogen and oxygen atoms in total. The Morgan fingerprint density at radius 3 is 1.83 bits per heavy atom. The molecule has 3 fully saturated rings. The highest BCUT2D eigenvalue weighted by molar-refractivity contribution is 7.47. The number of carbonyl (C=O) groups is 2. The molecule has 10 heteroatoms. The van der Waals surface area contributed by atoms with Gasteiger partial charge in [-0.3, -0.25) is 18.6 Å². The summed E-state index contributed by atoms with van der Waals surface area (Å²) in [4.78, 5) is 34.8. The minimum absolute atomic E-state index is 0.0595. The fourth-order valence-corrected chi connectivity index (χ4v) is 10.2. The molecule has 2 unspecified atom stereocenters. The van der Waals surface area contributed by atoms with Crippen LogP contribution in [0.15, 0.2) is 0 Å². The lowest BCUT2D eigenvalue weighted by Gasteiger charge is -2.21. The van der Waals surface area contributed by atoms with Crippen molar-refractivity contribution < 1.29 is 37.6 Å². The Kier molecular flexibility index (Phi) is 19.0. The van der Waals surface area contributed by atoms with Gasteiger partial charge in [0.25, 0.3) is 0 Å². The molecule has 48 heavy (non-hydrogen) atoms. The van der Waals surface area contributed by atoms with E-state index in [9.17, 15) is 19.0 Å². The van der Waals surface area contributed by atoms with Gasteiger partial charge in [-0.15, -0.1) is 0 Å². The summed E-state index contributed by atoms with van der Waals surface area (Å²) in [6, 6.07) is 0. The molecule has 2 aliphatic carbocycles. The van der Waals surface area contributed by atoms with Gasteiger partial charge >= 0.3 is 19.8 Å². The van der Waals surface area contributed by atoms with Gasteiger partial charge in [0.15, 0.2) is 6.10 Å². The number of phosphoric ester groups is 1. The summed E-state index contributed by atoms with van der Waals surface area (Å²) in [5, 5.41) is 0. The summed E-state index contributed by atoms with van der Waals surface area (Å²) in [7, 11) is -4.36. The molecule has 0 amide bonds. The van der Waals surface area contributed by atoms with Gasteiger partial charge in [-0.25, -0.2) is 4.57 Å². The van der Waals surface area contributed by atoms with Gasteiger partial charge in [-0.1, -0.05) is 129 Å². The molecule has 1 aliphatic heterocycles. The van der Waals surface area contributed by atoms with Gasteiger partial charge in [-0.2, -0.15) is 0 Å². The Morgan fingerprint density at radius 1 is 0.771 bits per heavy atom. The highest BCUT2D eigenvalue weighted by Crippen LogP contribution is 2.98. The Labute approximate surface area is 292 Å². The third-order valence-corrected chi connectivity index (χ3v) is 12.8. The zero-order valence-corrected chi connectivity index (χ0v) is 31.5. The van der Waals surface area contributed by atoms with Crippen LogP contribution in [-0.4, -0.2) is 49.3 Å². The van der Waals surface area contributed by atoms with E-state index < -0.39 is 26.5 Å². The van der Waals surface area contributed by atoms with Crippen molar-refractivity contribution in [2.24, 2.45) is 28.4 Å². The molecule has 0 aromatic rings. The number of carbonyl (C=O) groups excluding carboxylic acids is 2. The maximum absolute atomic E-state index is 12.5. The summed E-state index contributed by atoms with van der Waals surface area (Å²) >= 11 is 0. The van der Waals surface area contributed by atoms with E-state index in [4.69, 9.17) is 24.3 Å². The molecule has 3 aliphatic rings. The number of hydrogen-bond acceptors (Lipinski definition) is 8. The Bertz CT molecular complexity index is 980. The number of hydrogen-bond donors (Lipinski definition) is 2. The molecule has 2 saturated carbocycles. The van der Waals surface area contributed by atoms with E-state index in [2.05, 4.69) is 13.8 Å². The predicted molar refractivity (Wildman–Crippen MR) is 190 cm³/mol. The number of phosphoric acid groups is 1. The van der Waals surface area contributed by atoms with Gasteiger partial charge < -0.3 is 20.1 Å². The molecule has 0 aromatic carbocycles. The molecule has 0 aromatic heterocycles. The molecular formula is C38H70NO8P. The number of ether oxygens (including phenoxy) is 2. The van der Waals surface area contributed by atoms with Crippen LogP contribution in [-0.2, 0) is 32.7 Å². The Morgan fingerprint density at radius 2 is 1.29 bits per heavy atom. The van der Waals surface area contributed by atoms with Crippen molar-refractivity contribution in [1.29, 1.82) is 0 Å². The first-order valence-corrected chi connectivity index (χ1v) is 21.4. The van der Waals surface area contributed by atoms with Crippen molar-refractivity contribution in [2.75, 3.05) is 26.4 Å². The van der Waals surface area contributed by atoms with E-state index in [0.717, 1.165) is 43.9 Å². The predicted octanol–water partition coefficient (Wildman–Crippen LogP) is 9.57. The minimum atomic E-state index is -4.36. The van der Waals surface area contributed by atoms with E-state index in [1.54, 1.807) is 0 Å². The summed E-state index contributed by atoms with van der Waals surface area (Å²) in [6.45, 7) is 4.14. The number of fused-ring (bicyclic) bond motifs is 1. The van der Waals surface area contributed by atoms with E-state index in [0.29, 0.717) is 23.7 Å². The van der Waals surface area contributed by atoms with Crippen LogP contribution in [0.3, 0.4) is 0 Å². The third-order valence-electron chi connectivity index (χ3n) is 11.8. The SMILES string of the molecule is CC[C@@H]1[C@]2(CC)C3CCCCCCCCCCCCCC(=O)O[C@@H](COP(=O)(O)OCCN)COC(=O)CCCCCCCCCC[C@@]312. The Balaban J connectivity index is 1.43. The normalized spacial score (nSPS) is 33.0. The van der Waals surface area contributed by atoms with Crippen LogP contribution in [0.25, 0.3) is 0 Å². The monoisotopic (exact) mass is 699 g/mol. The molecule has 3 rings (SSSR count). The van der Waals surface area contributed by atoms with Crippen molar-refractivity contribution in [3.63, 3.8) is 0 Å². The van der Waals surface area contributed by atoms with Crippen LogP contribution in [0.1, 0.15) is 174 Å². The summed E-state index contributed by atoms with van der Waals surface area (Å²) in [5.41, 5.74) is 6.75. The maximum atomic E-state index is 12.5. The maximum Gasteiger partial charge on any atom is 0.472 e. The quantitative estimate of drug-likeness (QED) is 0.188. The van der Waals surface area contributed by atoms with Crippen molar-refractivity contribution in [3.05, 3.63) is 0 Å². The average Bonchev–Trinajstić information content (AvgIpc) is 3.88. The lowest BCUT2D eigenvalue weighted by atomic mass is 9.83. The number of esters is 2. The molecule has 1 saturated heterocycles. The second kappa shape index (κ2) is 22.1. The largest absolute Gasteiger partial charge is 0.472 e. The second-order valence-electron chi connectivity index (χ2n) is 14.9. The molecule has 0 radical (unpaired) electrons. The second-order valence-corrected chi connectivity index (χ2v) is 16.3. The Hall–Kier alpha value is -0.990. The van der Waals surface area contributed by atoms with E-state index in [1.807, 2.05) is 0 Å². The third kappa shape index (κ3) is 12.7. The van der Waals surface area contributed by atoms with Crippen LogP contribution in [0.4, 0.5) is 0 Å². The first kappa shape index (κ1) is 41.4. The van der Waals surface area contributed by atoms with Gasteiger partial charge in [0.05, 0.1) is 13.2 Å².